The van der Waals surface area contributed by atoms with Crippen molar-refractivity contribution in [2.75, 3.05) is 10.6 Å². The first-order valence-electron chi connectivity index (χ1n) is 9.48. The zero-order chi connectivity index (χ0) is 21.9. The van der Waals surface area contributed by atoms with Gasteiger partial charge in [0.05, 0.1) is 6.54 Å². The number of nitrogens with one attached hydrogen (secondary N) is 2. The summed E-state index contributed by atoms with van der Waals surface area (Å²) < 4.78 is 0. The molecule has 2 aromatic rings. The lowest BCUT2D eigenvalue weighted by Gasteiger charge is -2.35. The topological polar surface area (TPSA) is 100 Å². The van der Waals surface area contributed by atoms with Crippen LogP contribution in [0.5, 0.6) is 0 Å². The number of hydrogen-bond donors (Lipinski definition) is 2. The van der Waals surface area contributed by atoms with Gasteiger partial charge in [0.25, 0.3) is 5.91 Å². The number of oxime groups is 1. The minimum absolute atomic E-state index is 0.148. The highest BCUT2D eigenvalue weighted by Gasteiger charge is 2.41. The number of anilines is 2. The minimum Gasteiger partial charge on any atom is -0.378 e. The largest absolute Gasteiger partial charge is 0.378 e. The molecule has 3 amide bonds. The monoisotopic (exact) mass is 408 g/mol. The Morgan fingerprint density at radius 2 is 1.43 bits per heavy atom. The van der Waals surface area contributed by atoms with E-state index in [-0.39, 0.29) is 24.3 Å². The molecule has 156 valence electrons. The molecule has 3 rings (SSSR count). The van der Waals surface area contributed by atoms with Crippen molar-refractivity contribution in [3.63, 3.8) is 0 Å². The Kier molecular flexibility index (Phi) is 5.86. The maximum absolute atomic E-state index is 13.1. The highest BCUT2D eigenvalue weighted by Crippen LogP contribution is 2.25. The number of carbonyl (C=O) groups is 3. The molecule has 1 heterocycles. The molecule has 0 atom stereocenters. The summed E-state index contributed by atoms with van der Waals surface area (Å²) in [5, 5.41) is 9.63. The molecule has 0 aromatic heterocycles. The van der Waals surface area contributed by atoms with Gasteiger partial charge < -0.3 is 15.5 Å². The summed E-state index contributed by atoms with van der Waals surface area (Å²) in [7, 11) is 0. The number of amides is 3. The highest BCUT2D eigenvalue weighted by molar-refractivity contribution is 6.10. The van der Waals surface area contributed by atoms with Crippen LogP contribution >= 0.6 is 0 Å². The standard InChI is InChI=1S/C22H24N4O4/c1-14(27)23-18-9-5-16(6-10-18)13-26-20(25-30-22(3,4)21(26)29)17-7-11-19(12-8-17)24-15(2)28/h5-12H,13H2,1-4H3,(H,23,27)(H,24,28). The highest BCUT2D eigenvalue weighted by atomic mass is 16.7. The number of hydrogen-bond acceptors (Lipinski definition) is 5. The van der Waals surface area contributed by atoms with Crippen molar-refractivity contribution < 1.29 is 19.2 Å². The molecule has 30 heavy (non-hydrogen) atoms. The second kappa shape index (κ2) is 8.36. The van der Waals surface area contributed by atoms with E-state index in [1.807, 2.05) is 12.1 Å². The molecule has 0 saturated carbocycles. The lowest BCUT2D eigenvalue weighted by molar-refractivity contribution is -0.154. The Bertz CT molecular complexity index is 995. The SMILES string of the molecule is CC(=O)Nc1ccc(CN2C(=O)C(C)(C)ON=C2c2ccc(NC(C)=O)cc2)cc1. The van der Waals surface area contributed by atoms with Crippen LogP contribution in [-0.4, -0.2) is 34.1 Å². The summed E-state index contributed by atoms with van der Waals surface area (Å²) in [4.78, 5) is 42.5. The van der Waals surface area contributed by atoms with E-state index in [9.17, 15) is 14.4 Å². The van der Waals surface area contributed by atoms with Gasteiger partial charge >= 0.3 is 0 Å². The molecular weight excluding hydrogens is 384 g/mol. The van der Waals surface area contributed by atoms with Crippen LogP contribution in [-0.2, 0) is 25.8 Å². The van der Waals surface area contributed by atoms with Crippen LogP contribution in [0.15, 0.2) is 53.7 Å². The number of rotatable bonds is 5. The summed E-state index contributed by atoms with van der Waals surface area (Å²) in [6.07, 6.45) is 0. The molecule has 1 aliphatic heterocycles. The molecule has 0 spiro atoms. The Morgan fingerprint density at radius 3 is 1.93 bits per heavy atom. The zero-order valence-corrected chi connectivity index (χ0v) is 17.4. The van der Waals surface area contributed by atoms with Gasteiger partial charge in [0, 0.05) is 30.8 Å². The maximum Gasteiger partial charge on any atom is 0.275 e. The Hall–Kier alpha value is -3.68. The van der Waals surface area contributed by atoms with E-state index in [2.05, 4.69) is 15.8 Å². The average molecular weight is 408 g/mol. The molecule has 8 heteroatoms. The molecule has 0 aliphatic carbocycles. The Balaban J connectivity index is 1.87. The Morgan fingerprint density at radius 1 is 0.933 bits per heavy atom. The summed E-state index contributed by atoms with van der Waals surface area (Å²) in [5.74, 6) is -0.142. The van der Waals surface area contributed by atoms with Gasteiger partial charge in [0.1, 0.15) is 0 Å². The quantitative estimate of drug-likeness (QED) is 0.794. The molecule has 0 fully saturated rings. The van der Waals surface area contributed by atoms with Crippen LogP contribution in [0.25, 0.3) is 0 Å². The third-order valence-electron chi connectivity index (χ3n) is 4.45. The van der Waals surface area contributed by atoms with Crippen molar-refractivity contribution in [1.82, 2.24) is 4.90 Å². The Labute approximate surface area is 174 Å². The van der Waals surface area contributed by atoms with Crippen molar-refractivity contribution in [2.24, 2.45) is 5.16 Å². The summed E-state index contributed by atoms with van der Waals surface area (Å²) in [5.41, 5.74) is 1.80. The summed E-state index contributed by atoms with van der Waals surface area (Å²) >= 11 is 0. The van der Waals surface area contributed by atoms with Crippen molar-refractivity contribution in [2.45, 2.75) is 39.8 Å². The van der Waals surface area contributed by atoms with E-state index in [0.717, 1.165) is 5.56 Å². The molecule has 0 radical (unpaired) electrons. The van der Waals surface area contributed by atoms with Crippen LogP contribution in [0.3, 0.4) is 0 Å². The predicted molar refractivity (Wildman–Crippen MR) is 114 cm³/mol. The van der Waals surface area contributed by atoms with Gasteiger partial charge in [0.15, 0.2) is 5.84 Å². The first kappa shape index (κ1) is 21.0. The fraction of sp³-hybridized carbons (Fsp3) is 0.273. The minimum atomic E-state index is -1.09. The fourth-order valence-electron chi connectivity index (χ4n) is 3.01. The van der Waals surface area contributed by atoms with Crippen LogP contribution in [0, 0.1) is 0 Å². The van der Waals surface area contributed by atoms with Gasteiger partial charge in [-0.2, -0.15) is 0 Å². The van der Waals surface area contributed by atoms with Crippen molar-refractivity contribution in [3.05, 3.63) is 59.7 Å². The average Bonchev–Trinajstić information content (AvgIpc) is 2.67. The zero-order valence-electron chi connectivity index (χ0n) is 17.4. The molecule has 2 aromatic carbocycles. The molecule has 0 unspecified atom stereocenters. The van der Waals surface area contributed by atoms with Gasteiger partial charge in [-0.25, -0.2) is 0 Å². The first-order chi connectivity index (χ1) is 14.2. The molecule has 0 bridgehead atoms. The molecule has 2 N–H and O–H groups in total. The van der Waals surface area contributed by atoms with Gasteiger partial charge in [-0.3, -0.25) is 19.3 Å². The maximum atomic E-state index is 13.1. The van der Waals surface area contributed by atoms with E-state index in [1.165, 1.54) is 13.8 Å². The molecule has 8 nitrogen and oxygen atoms in total. The van der Waals surface area contributed by atoms with Crippen molar-refractivity contribution >= 4 is 34.9 Å². The van der Waals surface area contributed by atoms with Crippen LogP contribution < -0.4 is 10.6 Å². The third-order valence-corrected chi connectivity index (χ3v) is 4.45. The van der Waals surface area contributed by atoms with Crippen LogP contribution in [0.1, 0.15) is 38.8 Å². The predicted octanol–water partition coefficient (Wildman–Crippen LogP) is 3.10. The lowest BCUT2D eigenvalue weighted by Crippen LogP contribution is -2.52. The smallest absolute Gasteiger partial charge is 0.275 e. The lowest BCUT2D eigenvalue weighted by atomic mass is 10.0. The van der Waals surface area contributed by atoms with E-state index in [1.54, 1.807) is 55.1 Å². The molecular formula is C22H24N4O4. The number of nitrogens with zero attached hydrogens (tertiary/aromatic N) is 2. The van der Waals surface area contributed by atoms with E-state index in [0.29, 0.717) is 22.8 Å². The molecule has 0 saturated heterocycles. The number of benzene rings is 2. The second-order valence-electron chi connectivity index (χ2n) is 7.54. The van der Waals surface area contributed by atoms with Crippen molar-refractivity contribution in [1.29, 1.82) is 0 Å². The number of amidine groups is 1. The van der Waals surface area contributed by atoms with Gasteiger partial charge in [-0.15, -0.1) is 0 Å². The van der Waals surface area contributed by atoms with Crippen molar-refractivity contribution in [3.8, 4) is 0 Å². The van der Waals surface area contributed by atoms with E-state index >= 15 is 0 Å². The number of carbonyl (C=O) groups excluding carboxylic acids is 3. The second-order valence-corrected chi connectivity index (χ2v) is 7.54. The first-order valence-corrected chi connectivity index (χ1v) is 9.48. The van der Waals surface area contributed by atoms with Crippen LogP contribution in [0.4, 0.5) is 11.4 Å². The van der Waals surface area contributed by atoms with Gasteiger partial charge in [-0.05, 0) is 55.8 Å². The van der Waals surface area contributed by atoms with E-state index < -0.39 is 5.60 Å². The normalized spacial score (nSPS) is 15.1. The van der Waals surface area contributed by atoms with Crippen LogP contribution in [0.2, 0.25) is 0 Å². The van der Waals surface area contributed by atoms with Gasteiger partial charge in [0.2, 0.25) is 17.4 Å². The van der Waals surface area contributed by atoms with E-state index in [4.69, 9.17) is 4.84 Å². The fourth-order valence-corrected chi connectivity index (χ4v) is 3.01. The third kappa shape index (κ3) is 4.83. The van der Waals surface area contributed by atoms with Gasteiger partial charge in [-0.1, -0.05) is 17.3 Å². The molecule has 1 aliphatic rings. The summed E-state index contributed by atoms with van der Waals surface area (Å²) in [6.45, 7) is 6.51. The summed E-state index contributed by atoms with van der Waals surface area (Å²) in [6, 6.07) is 14.3.